The minimum atomic E-state index is 0.0411. The molecule has 0 unspecified atom stereocenters. The molecule has 0 aromatic rings. The van der Waals surface area contributed by atoms with Gasteiger partial charge in [-0.3, -0.25) is 4.79 Å². The topological polar surface area (TPSA) is 46.3 Å². The maximum absolute atomic E-state index is 11.4. The van der Waals surface area contributed by atoms with Gasteiger partial charge in [0.25, 0.3) is 0 Å². The van der Waals surface area contributed by atoms with Crippen molar-refractivity contribution in [3.05, 3.63) is 0 Å². The van der Waals surface area contributed by atoms with Crippen LogP contribution in [0, 0.1) is 5.92 Å². The van der Waals surface area contributed by atoms with Crippen LogP contribution in [0.25, 0.3) is 0 Å². The van der Waals surface area contributed by atoms with Crippen LogP contribution < -0.4 is 5.73 Å². The lowest BCUT2D eigenvalue weighted by molar-refractivity contribution is -0.129. The summed E-state index contributed by atoms with van der Waals surface area (Å²) in [6.45, 7) is 0.863. The van der Waals surface area contributed by atoms with E-state index in [1.165, 1.54) is 19.3 Å². The number of thiocarbonyl (C=S) groups is 1. The van der Waals surface area contributed by atoms with Crippen LogP contribution in [0.1, 0.15) is 25.7 Å². The van der Waals surface area contributed by atoms with Gasteiger partial charge in [0.05, 0.1) is 11.4 Å². The van der Waals surface area contributed by atoms with E-state index in [0.717, 1.165) is 6.54 Å². The van der Waals surface area contributed by atoms with Gasteiger partial charge in [-0.2, -0.15) is 0 Å². The molecule has 1 amide bonds. The van der Waals surface area contributed by atoms with Crippen molar-refractivity contribution < 1.29 is 4.79 Å². The lowest BCUT2D eigenvalue weighted by Crippen LogP contribution is -2.35. The van der Waals surface area contributed by atoms with Crippen LogP contribution in [0.2, 0.25) is 0 Å². The summed E-state index contributed by atoms with van der Waals surface area (Å²) in [4.78, 5) is 13.4. The van der Waals surface area contributed by atoms with Crippen molar-refractivity contribution in [2.45, 2.75) is 25.7 Å². The van der Waals surface area contributed by atoms with E-state index in [2.05, 4.69) is 12.2 Å². The normalized spacial score (nSPS) is 16.4. The lowest BCUT2D eigenvalue weighted by Gasteiger charge is -2.30. The molecule has 74 valence electrons. The first-order valence-electron chi connectivity index (χ1n) is 4.62. The summed E-state index contributed by atoms with van der Waals surface area (Å²) in [5, 5.41) is 0. The fourth-order valence-corrected chi connectivity index (χ4v) is 1.57. The fourth-order valence-electron chi connectivity index (χ4n) is 1.45. The molecule has 1 saturated carbocycles. The van der Waals surface area contributed by atoms with E-state index in [1.807, 2.05) is 7.05 Å². The highest BCUT2D eigenvalue weighted by Gasteiger charge is 2.21. The third-order valence-electron chi connectivity index (χ3n) is 2.51. The largest absolute Gasteiger partial charge is 0.393 e. The van der Waals surface area contributed by atoms with E-state index in [4.69, 9.17) is 5.73 Å². The Morgan fingerprint density at radius 1 is 1.62 bits per heavy atom. The van der Waals surface area contributed by atoms with Gasteiger partial charge >= 0.3 is 0 Å². The van der Waals surface area contributed by atoms with E-state index in [1.54, 1.807) is 4.90 Å². The van der Waals surface area contributed by atoms with Crippen molar-refractivity contribution in [3.63, 3.8) is 0 Å². The summed E-state index contributed by atoms with van der Waals surface area (Å²) in [6.07, 6.45) is 4.02. The van der Waals surface area contributed by atoms with Gasteiger partial charge in [0.15, 0.2) is 0 Å². The number of carbonyl (C=O) groups excluding carboxylic acids is 1. The highest BCUT2D eigenvalue weighted by Crippen LogP contribution is 2.26. The maximum Gasteiger partial charge on any atom is 0.229 e. The van der Waals surface area contributed by atoms with Crippen molar-refractivity contribution in [3.8, 4) is 0 Å². The Balaban J connectivity index is 2.24. The van der Waals surface area contributed by atoms with Gasteiger partial charge in [-0.25, -0.2) is 0 Å². The number of hydrogen-bond acceptors (Lipinski definition) is 2. The van der Waals surface area contributed by atoms with Crippen molar-refractivity contribution in [1.82, 2.24) is 4.90 Å². The molecule has 0 aliphatic heterocycles. The second-order valence-electron chi connectivity index (χ2n) is 3.71. The van der Waals surface area contributed by atoms with Gasteiger partial charge in [0.1, 0.15) is 0 Å². The minimum Gasteiger partial charge on any atom is -0.393 e. The monoisotopic (exact) mass is 200 g/mol. The number of rotatable bonds is 4. The molecule has 2 N–H and O–H groups in total. The average molecular weight is 200 g/mol. The summed E-state index contributed by atoms with van der Waals surface area (Å²) < 4.78 is 0. The molecule has 1 aliphatic rings. The molecule has 0 heterocycles. The molecule has 1 fully saturated rings. The Hall–Kier alpha value is -0.640. The van der Waals surface area contributed by atoms with Gasteiger partial charge in [-0.05, 0) is 18.8 Å². The number of amides is 1. The van der Waals surface area contributed by atoms with Crippen LogP contribution in [-0.4, -0.2) is 29.4 Å². The van der Waals surface area contributed by atoms with Crippen molar-refractivity contribution >= 4 is 23.1 Å². The first kappa shape index (κ1) is 10.4. The third kappa shape index (κ3) is 3.30. The molecule has 1 rings (SSSR count). The van der Waals surface area contributed by atoms with Crippen LogP contribution in [0.3, 0.4) is 0 Å². The molecular formula is C9H16N2OS. The number of carbonyl (C=O) groups is 1. The van der Waals surface area contributed by atoms with Crippen LogP contribution in [-0.2, 0) is 4.79 Å². The Labute approximate surface area is 84.3 Å². The fraction of sp³-hybridized carbons (Fsp3) is 0.778. The summed E-state index contributed by atoms with van der Waals surface area (Å²) >= 11 is 4.68. The smallest absolute Gasteiger partial charge is 0.229 e. The van der Waals surface area contributed by atoms with E-state index in [9.17, 15) is 4.79 Å². The van der Waals surface area contributed by atoms with Crippen LogP contribution in [0.15, 0.2) is 0 Å². The van der Waals surface area contributed by atoms with Gasteiger partial charge in [-0.1, -0.05) is 18.6 Å². The quantitative estimate of drug-likeness (QED) is 0.686. The Morgan fingerprint density at radius 3 is 2.62 bits per heavy atom. The van der Waals surface area contributed by atoms with Crippen LogP contribution >= 0.6 is 12.2 Å². The predicted octanol–water partition coefficient (Wildman–Crippen LogP) is 0.921. The van der Waals surface area contributed by atoms with Crippen LogP contribution in [0.4, 0.5) is 0 Å². The molecule has 0 spiro atoms. The molecule has 0 radical (unpaired) electrons. The molecule has 0 aromatic heterocycles. The average Bonchev–Trinajstić information content (AvgIpc) is 1.94. The molecule has 0 bridgehead atoms. The van der Waals surface area contributed by atoms with Crippen molar-refractivity contribution in [1.29, 1.82) is 0 Å². The number of nitrogens with two attached hydrogens (primary N) is 1. The minimum absolute atomic E-state index is 0.0411. The summed E-state index contributed by atoms with van der Waals surface area (Å²) in [5.74, 6) is 0.750. The molecule has 13 heavy (non-hydrogen) atoms. The maximum atomic E-state index is 11.4. The molecule has 3 nitrogen and oxygen atoms in total. The molecule has 0 aromatic carbocycles. The molecular weight excluding hydrogens is 184 g/mol. The van der Waals surface area contributed by atoms with E-state index >= 15 is 0 Å². The molecule has 4 heteroatoms. The zero-order valence-corrected chi connectivity index (χ0v) is 8.77. The SMILES string of the molecule is CN(CC1CCC1)C(=O)CC(N)=S. The molecule has 0 saturated heterocycles. The zero-order chi connectivity index (χ0) is 9.84. The number of nitrogens with zero attached hydrogens (tertiary/aromatic N) is 1. The molecule has 0 atom stereocenters. The van der Waals surface area contributed by atoms with E-state index in [0.29, 0.717) is 5.92 Å². The Morgan fingerprint density at radius 2 is 2.23 bits per heavy atom. The first-order valence-corrected chi connectivity index (χ1v) is 5.02. The second kappa shape index (κ2) is 4.56. The van der Waals surface area contributed by atoms with E-state index in [-0.39, 0.29) is 17.3 Å². The zero-order valence-electron chi connectivity index (χ0n) is 7.95. The summed E-state index contributed by atoms with van der Waals surface area (Å²) in [7, 11) is 1.82. The van der Waals surface area contributed by atoms with Crippen molar-refractivity contribution in [2.75, 3.05) is 13.6 Å². The highest BCUT2D eigenvalue weighted by molar-refractivity contribution is 7.80. The summed E-state index contributed by atoms with van der Waals surface area (Å²) in [5.41, 5.74) is 5.29. The molecule has 1 aliphatic carbocycles. The highest BCUT2D eigenvalue weighted by atomic mass is 32.1. The van der Waals surface area contributed by atoms with Gasteiger partial charge in [-0.15, -0.1) is 0 Å². The number of hydrogen-bond donors (Lipinski definition) is 1. The van der Waals surface area contributed by atoms with E-state index < -0.39 is 0 Å². The van der Waals surface area contributed by atoms with Crippen molar-refractivity contribution in [2.24, 2.45) is 11.7 Å². The van der Waals surface area contributed by atoms with Gasteiger partial charge < -0.3 is 10.6 Å². The Bertz CT molecular complexity index is 214. The predicted molar refractivity (Wildman–Crippen MR) is 56.4 cm³/mol. The lowest BCUT2D eigenvalue weighted by atomic mass is 9.85. The Kier molecular flexibility index (Phi) is 3.66. The summed E-state index contributed by atoms with van der Waals surface area (Å²) in [6, 6.07) is 0. The standard InChI is InChI=1S/C9H16N2OS/c1-11(6-7-3-2-4-7)9(12)5-8(10)13/h7H,2-6H2,1H3,(H2,10,13). The van der Waals surface area contributed by atoms with Gasteiger partial charge in [0.2, 0.25) is 5.91 Å². The van der Waals surface area contributed by atoms with Gasteiger partial charge in [0, 0.05) is 13.6 Å². The third-order valence-corrected chi connectivity index (χ3v) is 2.65. The first-order chi connectivity index (χ1) is 6.09. The van der Waals surface area contributed by atoms with Crippen LogP contribution in [0.5, 0.6) is 0 Å². The second-order valence-corrected chi connectivity index (χ2v) is 4.24.